The Morgan fingerprint density at radius 3 is 2.11 bits per heavy atom. The van der Waals surface area contributed by atoms with Crippen molar-refractivity contribution in [2.24, 2.45) is 5.92 Å². The van der Waals surface area contributed by atoms with E-state index >= 15 is 0 Å². The fourth-order valence-corrected chi connectivity index (χ4v) is 3.21. The van der Waals surface area contributed by atoms with Crippen molar-refractivity contribution >= 4 is 11.6 Å². The minimum atomic E-state index is -2.72. The number of likely N-dealkylation sites (tertiary alicyclic amines) is 1. The van der Waals surface area contributed by atoms with Crippen LogP contribution in [-0.4, -0.2) is 43.4 Å². The van der Waals surface area contributed by atoms with Crippen LogP contribution in [0.3, 0.4) is 0 Å². The predicted molar refractivity (Wildman–Crippen MR) is 112 cm³/mol. The second-order valence-corrected chi connectivity index (χ2v) is 6.90. The van der Waals surface area contributed by atoms with E-state index in [1.54, 1.807) is 31.3 Å². The van der Waals surface area contributed by atoms with Crippen LogP contribution in [0.25, 0.3) is 0 Å². The van der Waals surface area contributed by atoms with Crippen LogP contribution < -0.4 is 4.90 Å². The second-order valence-electron chi connectivity index (χ2n) is 6.90. The Hall–Kier alpha value is -1.49. The Bertz CT molecular complexity index is 544. The highest BCUT2D eigenvalue weighted by atomic mass is 19.3. The van der Waals surface area contributed by atoms with Gasteiger partial charge in [-0.15, -0.1) is 0 Å². The molecule has 0 N–H and O–H groups in total. The van der Waals surface area contributed by atoms with Crippen LogP contribution in [0.2, 0.25) is 0 Å². The lowest BCUT2D eigenvalue weighted by atomic mass is 9.86. The number of rotatable bonds is 4. The smallest absolute Gasteiger partial charge is 0.267 e. The van der Waals surface area contributed by atoms with E-state index < -0.39 is 11.8 Å². The van der Waals surface area contributed by atoms with Crippen molar-refractivity contribution < 1.29 is 13.6 Å². The Labute approximate surface area is 164 Å². The molecule has 1 fully saturated rings. The van der Waals surface area contributed by atoms with Gasteiger partial charge in [0.2, 0.25) is 5.91 Å². The molecule has 0 saturated carbocycles. The van der Waals surface area contributed by atoms with Gasteiger partial charge in [0.25, 0.3) is 5.92 Å². The highest BCUT2D eigenvalue weighted by molar-refractivity contribution is 5.90. The van der Waals surface area contributed by atoms with Crippen LogP contribution >= 0.6 is 0 Å². The largest absolute Gasteiger partial charge is 0.316 e. The fourth-order valence-electron chi connectivity index (χ4n) is 3.21. The molecule has 1 aromatic carbocycles. The van der Waals surface area contributed by atoms with Gasteiger partial charge in [-0.25, -0.2) is 8.78 Å². The Kier molecular flexibility index (Phi) is 11.4. The van der Waals surface area contributed by atoms with Crippen LogP contribution in [0.4, 0.5) is 14.5 Å². The average molecular weight is 385 g/mol. The van der Waals surface area contributed by atoms with Crippen molar-refractivity contribution in [2.45, 2.75) is 66.7 Å². The molecule has 27 heavy (non-hydrogen) atoms. The van der Waals surface area contributed by atoms with Gasteiger partial charge in [0.1, 0.15) is 0 Å². The number of benzene rings is 1. The minimum absolute atomic E-state index is 0.0786. The molecule has 0 aliphatic carbocycles. The number of carbonyl (C=O) groups excluding carboxylic acids is 1. The molecule has 1 aliphatic rings. The SMILES string of the molecule is CC.CC.CC(=O)N(C)c1ccc(C2CCN(CC(C)C)CC2(F)F)cc1. The Morgan fingerprint density at radius 1 is 1.19 bits per heavy atom. The van der Waals surface area contributed by atoms with Crippen LogP contribution in [0, 0.1) is 5.92 Å². The molecule has 1 unspecified atom stereocenters. The third-order valence-electron chi connectivity index (χ3n) is 4.46. The van der Waals surface area contributed by atoms with Gasteiger partial charge < -0.3 is 4.90 Å². The first-order valence-electron chi connectivity index (χ1n) is 10.1. The first-order chi connectivity index (χ1) is 12.7. The minimum Gasteiger partial charge on any atom is -0.316 e. The van der Waals surface area contributed by atoms with Crippen LogP contribution in [0.5, 0.6) is 0 Å². The number of hydrogen-bond donors (Lipinski definition) is 0. The molecule has 2 rings (SSSR count). The molecule has 1 amide bonds. The summed E-state index contributed by atoms with van der Waals surface area (Å²) in [7, 11) is 1.68. The number of anilines is 1. The van der Waals surface area contributed by atoms with Crippen molar-refractivity contribution in [3.8, 4) is 0 Å². The normalized spacial score (nSPS) is 18.7. The van der Waals surface area contributed by atoms with Crippen molar-refractivity contribution in [2.75, 3.05) is 31.6 Å². The summed E-state index contributed by atoms with van der Waals surface area (Å²) in [5.41, 5.74) is 1.38. The molecule has 0 radical (unpaired) electrons. The van der Waals surface area contributed by atoms with E-state index in [-0.39, 0.29) is 12.5 Å². The third-order valence-corrected chi connectivity index (χ3v) is 4.46. The zero-order valence-electron chi connectivity index (χ0n) is 18.4. The molecule has 1 atom stereocenters. The number of halogens is 2. The number of amides is 1. The Morgan fingerprint density at radius 2 is 1.70 bits per heavy atom. The quantitative estimate of drug-likeness (QED) is 0.655. The lowest BCUT2D eigenvalue weighted by Crippen LogP contribution is -2.48. The molecule has 1 saturated heterocycles. The number of nitrogens with zero attached hydrogens (tertiary/aromatic N) is 2. The van der Waals surface area contributed by atoms with Gasteiger partial charge in [0, 0.05) is 26.2 Å². The van der Waals surface area contributed by atoms with Gasteiger partial charge in [-0.1, -0.05) is 53.7 Å². The maximum Gasteiger partial charge on any atom is 0.267 e. The number of alkyl halides is 2. The fraction of sp³-hybridized carbons (Fsp3) is 0.682. The van der Waals surface area contributed by atoms with Gasteiger partial charge in [-0.3, -0.25) is 9.69 Å². The van der Waals surface area contributed by atoms with Gasteiger partial charge in [-0.05, 0) is 36.6 Å². The predicted octanol–water partition coefficient (Wildman–Crippen LogP) is 5.80. The summed E-state index contributed by atoms with van der Waals surface area (Å²) in [5, 5.41) is 0. The molecule has 156 valence electrons. The standard InChI is InChI=1S/C18H26F2N2O.2C2H6/c1-13(2)11-22-10-9-17(18(19,20)12-22)15-5-7-16(8-6-15)21(4)14(3)23;2*1-2/h5-8,13,17H,9-12H2,1-4H3;2*1-2H3. The Balaban J connectivity index is 0.00000158. The molecule has 5 heteroatoms. The van der Waals surface area contributed by atoms with Gasteiger partial charge in [0.05, 0.1) is 12.5 Å². The molecule has 3 nitrogen and oxygen atoms in total. The molecular weight excluding hydrogens is 346 g/mol. The molecule has 0 spiro atoms. The topological polar surface area (TPSA) is 23.6 Å². The van der Waals surface area contributed by atoms with Crippen LogP contribution in [-0.2, 0) is 4.79 Å². The van der Waals surface area contributed by atoms with E-state index in [2.05, 4.69) is 13.8 Å². The summed E-state index contributed by atoms with van der Waals surface area (Å²) in [4.78, 5) is 14.7. The van der Waals surface area contributed by atoms with E-state index in [1.165, 1.54) is 11.8 Å². The summed E-state index contributed by atoms with van der Waals surface area (Å²) >= 11 is 0. The molecule has 0 bridgehead atoms. The van der Waals surface area contributed by atoms with Crippen LogP contribution in [0.1, 0.15) is 66.4 Å². The summed E-state index contributed by atoms with van der Waals surface area (Å²) < 4.78 is 29.1. The summed E-state index contributed by atoms with van der Waals surface area (Å²) in [5.74, 6) is -3.15. The van der Waals surface area contributed by atoms with E-state index in [0.29, 0.717) is 31.0 Å². The van der Waals surface area contributed by atoms with Gasteiger partial charge in [0.15, 0.2) is 0 Å². The first-order valence-corrected chi connectivity index (χ1v) is 10.1. The maximum absolute atomic E-state index is 14.5. The lowest BCUT2D eigenvalue weighted by Gasteiger charge is -2.39. The van der Waals surface area contributed by atoms with E-state index in [0.717, 1.165) is 5.69 Å². The lowest BCUT2D eigenvalue weighted by molar-refractivity contribution is -0.116. The van der Waals surface area contributed by atoms with Crippen LogP contribution in [0.15, 0.2) is 24.3 Å². The van der Waals surface area contributed by atoms with Crippen molar-refractivity contribution in [3.05, 3.63) is 29.8 Å². The summed E-state index contributed by atoms with van der Waals surface area (Å²) in [6.45, 7) is 14.8. The zero-order chi connectivity index (χ0) is 21.2. The van der Waals surface area contributed by atoms with E-state index in [1.807, 2.05) is 32.6 Å². The molecule has 1 aromatic rings. The van der Waals surface area contributed by atoms with Gasteiger partial charge >= 0.3 is 0 Å². The maximum atomic E-state index is 14.5. The van der Waals surface area contributed by atoms with E-state index in [9.17, 15) is 13.6 Å². The third kappa shape index (κ3) is 7.57. The summed E-state index contributed by atoms with van der Waals surface area (Å²) in [6.07, 6.45) is 0.460. The van der Waals surface area contributed by atoms with Crippen molar-refractivity contribution in [1.82, 2.24) is 4.90 Å². The molecular formula is C22H38F2N2O. The molecule has 1 heterocycles. The monoisotopic (exact) mass is 384 g/mol. The highest BCUT2D eigenvalue weighted by Gasteiger charge is 2.45. The van der Waals surface area contributed by atoms with E-state index in [4.69, 9.17) is 0 Å². The highest BCUT2D eigenvalue weighted by Crippen LogP contribution is 2.40. The van der Waals surface area contributed by atoms with Crippen molar-refractivity contribution in [1.29, 1.82) is 0 Å². The average Bonchev–Trinajstić information content (AvgIpc) is 2.63. The second kappa shape index (κ2) is 12.1. The zero-order valence-corrected chi connectivity index (χ0v) is 18.4. The molecule has 0 aromatic heterocycles. The van der Waals surface area contributed by atoms with Gasteiger partial charge in [-0.2, -0.15) is 0 Å². The number of piperidine rings is 1. The van der Waals surface area contributed by atoms with Crippen molar-refractivity contribution in [3.63, 3.8) is 0 Å². The number of hydrogen-bond acceptors (Lipinski definition) is 2. The summed E-state index contributed by atoms with van der Waals surface area (Å²) in [6, 6.07) is 6.94. The number of carbonyl (C=O) groups is 1. The molecule has 1 aliphatic heterocycles. The first kappa shape index (κ1) is 25.5.